The van der Waals surface area contributed by atoms with E-state index >= 15 is 0 Å². The van der Waals surface area contributed by atoms with Gasteiger partial charge in [-0.3, -0.25) is 0 Å². The average Bonchev–Trinajstić information content (AvgIpc) is 2.35. The monoisotopic (exact) mass is 287 g/mol. The molecule has 0 fully saturated rings. The average molecular weight is 287 g/mol. The molecule has 108 valence electrons. The SMILES string of the molecule is COCCN(C)c1ccc(S(=O)(=O)N(C)C)cc1N. The molecule has 0 spiro atoms. The number of likely N-dealkylation sites (N-methyl/N-ethyl adjacent to an activating group) is 1. The van der Waals surface area contributed by atoms with E-state index in [1.807, 2.05) is 11.9 Å². The minimum atomic E-state index is -3.45. The van der Waals surface area contributed by atoms with Gasteiger partial charge in [0.25, 0.3) is 0 Å². The smallest absolute Gasteiger partial charge is 0.242 e. The molecule has 7 heteroatoms. The summed E-state index contributed by atoms with van der Waals surface area (Å²) < 4.78 is 30.1. The van der Waals surface area contributed by atoms with Gasteiger partial charge in [0.2, 0.25) is 10.0 Å². The molecule has 0 bridgehead atoms. The van der Waals surface area contributed by atoms with Crippen molar-refractivity contribution in [2.45, 2.75) is 4.90 Å². The van der Waals surface area contributed by atoms with Crippen LogP contribution in [-0.4, -0.2) is 54.1 Å². The highest BCUT2D eigenvalue weighted by Crippen LogP contribution is 2.26. The molecule has 0 aliphatic carbocycles. The molecule has 1 aromatic rings. The third kappa shape index (κ3) is 3.59. The van der Waals surface area contributed by atoms with Gasteiger partial charge >= 0.3 is 0 Å². The Kier molecular flexibility index (Phi) is 5.16. The van der Waals surface area contributed by atoms with Crippen molar-refractivity contribution in [3.05, 3.63) is 18.2 Å². The molecule has 19 heavy (non-hydrogen) atoms. The second-order valence-electron chi connectivity index (χ2n) is 4.42. The Labute approximate surface area is 114 Å². The maximum atomic E-state index is 12.0. The van der Waals surface area contributed by atoms with E-state index in [9.17, 15) is 8.42 Å². The van der Waals surface area contributed by atoms with Crippen LogP contribution in [0.3, 0.4) is 0 Å². The van der Waals surface area contributed by atoms with Gasteiger partial charge in [0.05, 0.1) is 22.9 Å². The Hall–Kier alpha value is -1.31. The standard InChI is InChI=1S/C12H21N3O3S/c1-14(2)19(16,17)10-5-6-12(11(13)9-10)15(3)7-8-18-4/h5-6,9H,7-8,13H2,1-4H3. The van der Waals surface area contributed by atoms with Gasteiger partial charge in [-0.25, -0.2) is 12.7 Å². The van der Waals surface area contributed by atoms with Crippen LogP contribution in [0.4, 0.5) is 11.4 Å². The summed E-state index contributed by atoms with van der Waals surface area (Å²) in [5.41, 5.74) is 7.14. The van der Waals surface area contributed by atoms with Crippen LogP contribution in [0.15, 0.2) is 23.1 Å². The van der Waals surface area contributed by atoms with Gasteiger partial charge in [0, 0.05) is 34.8 Å². The van der Waals surface area contributed by atoms with Gasteiger partial charge < -0.3 is 15.4 Å². The van der Waals surface area contributed by atoms with E-state index in [0.29, 0.717) is 18.8 Å². The van der Waals surface area contributed by atoms with E-state index < -0.39 is 10.0 Å². The van der Waals surface area contributed by atoms with Crippen LogP contribution in [0, 0.1) is 0 Å². The number of ether oxygens (including phenoxy) is 1. The van der Waals surface area contributed by atoms with Crippen LogP contribution in [0.25, 0.3) is 0 Å². The van der Waals surface area contributed by atoms with E-state index in [0.717, 1.165) is 9.99 Å². The van der Waals surface area contributed by atoms with Crippen LogP contribution in [0.2, 0.25) is 0 Å². The summed E-state index contributed by atoms with van der Waals surface area (Å²) in [7, 11) is 3.04. The quantitative estimate of drug-likeness (QED) is 0.776. The first-order valence-electron chi connectivity index (χ1n) is 5.83. The maximum absolute atomic E-state index is 12.0. The van der Waals surface area contributed by atoms with Gasteiger partial charge in [0.1, 0.15) is 0 Å². The highest BCUT2D eigenvalue weighted by molar-refractivity contribution is 7.89. The predicted molar refractivity (Wildman–Crippen MR) is 76.9 cm³/mol. The van der Waals surface area contributed by atoms with Crippen molar-refractivity contribution in [2.75, 3.05) is 52.0 Å². The molecule has 2 N–H and O–H groups in total. The number of methoxy groups -OCH3 is 1. The summed E-state index contributed by atoms with van der Waals surface area (Å²) in [6, 6.07) is 4.75. The summed E-state index contributed by atoms with van der Waals surface area (Å²) in [6.07, 6.45) is 0. The number of benzene rings is 1. The highest BCUT2D eigenvalue weighted by atomic mass is 32.2. The maximum Gasteiger partial charge on any atom is 0.242 e. The number of nitrogens with zero attached hydrogens (tertiary/aromatic N) is 2. The first-order chi connectivity index (χ1) is 8.80. The molecule has 0 aliphatic heterocycles. The molecule has 1 aromatic carbocycles. The van der Waals surface area contributed by atoms with Crippen molar-refractivity contribution in [2.24, 2.45) is 0 Å². The number of hydrogen-bond acceptors (Lipinski definition) is 5. The predicted octanol–water partition coefficient (Wildman–Crippen LogP) is 0.602. The molecule has 1 rings (SSSR count). The van der Waals surface area contributed by atoms with E-state index in [1.54, 1.807) is 19.2 Å². The summed E-state index contributed by atoms with van der Waals surface area (Å²) >= 11 is 0. The van der Waals surface area contributed by atoms with Crippen molar-refractivity contribution in [3.63, 3.8) is 0 Å². The number of hydrogen-bond donors (Lipinski definition) is 1. The number of nitrogen functional groups attached to an aromatic ring is 1. The normalized spacial score (nSPS) is 11.8. The third-order valence-electron chi connectivity index (χ3n) is 2.82. The minimum absolute atomic E-state index is 0.193. The zero-order chi connectivity index (χ0) is 14.6. The van der Waals surface area contributed by atoms with Crippen molar-refractivity contribution in [3.8, 4) is 0 Å². The zero-order valence-corrected chi connectivity index (χ0v) is 12.6. The zero-order valence-electron chi connectivity index (χ0n) is 11.8. The lowest BCUT2D eigenvalue weighted by molar-refractivity contribution is 0.206. The Bertz CT molecular complexity index is 529. The van der Waals surface area contributed by atoms with Crippen molar-refractivity contribution in [1.82, 2.24) is 4.31 Å². The number of rotatable bonds is 6. The second kappa shape index (κ2) is 6.23. The topological polar surface area (TPSA) is 75.9 Å². The second-order valence-corrected chi connectivity index (χ2v) is 6.57. The Morgan fingerprint density at radius 2 is 1.89 bits per heavy atom. The third-order valence-corrected chi connectivity index (χ3v) is 4.63. The molecule has 0 unspecified atom stereocenters. The summed E-state index contributed by atoms with van der Waals surface area (Å²) in [4.78, 5) is 2.11. The molecule has 0 saturated carbocycles. The Balaban J connectivity index is 3.05. The molecule has 0 heterocycles. The lowest BCUT2D eigenvalue weighted by Crippen LogP contribution is -2.24. The first kappa shape index (κ1) is 15.7. The summed E-state index contributed by atoms with van der Waals surface area (Å²) in [5, 5.41) is 0. The van der Waals surface area contributed by atoms with Crippen molar-refractivity contribution < 1.29 is 13.2 Å². The molecular weight excluding hydrogens is 266 g/mol. The highest BCUT2D eigenvalue weighted by Gasteiger charge is 2.18. The Morgan fingerprint density at radius 1 is 1.26 bits per heavy atom. The van der Waals surface area contributed by atoms with Gasteiger partial charge in [-0.05, 0) is 18.2 Å². The number of anilines is 2. The van der Waals surface area contributed by atoms with E-state index in [2.05, 4.69) is 0 Å². The molecular formula is C12H21N3O3S. The fourth-order valence-corrected chi connectivity index (χ4v) is 2.54. The number of sulfonamides is 1. The van der Waals surface area contributed by atoms with Gasteiger partial charge in [0.15, 0.2) is 0 Å². The van der Waals surface area contributed by atoms with Gasteiger partial charge in [-0.15, -0.1) is 0 Å². The van der Waals surface area contributed by atoms with Crippen LogP contribution in [0.5, 0.6) is 0 Å². The van der Waals surface area contributed by atoms with Gasteiger partial charge in [-0.1, -0.05) is 0 Å². The largest absolute Gasteiger partial charge is 0.397 e. The molecule has 0 radical (unpaired) electrons. The Morgan fingerprint density at radius 3 is 2.37 bits per heavy atom. The van der Waals surface area contributed by atoms with Crippen molar-refractivity contribution in [1.29, 1.82) is 0 Å². The van der Waals surface area contributed by atoms with Crippen LogP contribution in [-0.2, 0) is 14.8 Å². The van der Waals surface area contributed by atoms with Gasteiger partial charge in [-0.2, -0.15) is 0 Å². The molecule has 0 saturated heterocycles. The van der Waals surface area contributed by atoms with Crippen LogP contribution < -0.4 is 10.6 Å². The minimum Gasteiger partial charge on any atom is -0.397 e. The molecule has 0 aliphatic rings. The fourth-order valence-electron chi connectivity index (χ4n) is 1.60. The number of nitrogens with two attached hydrogens (primary N) is 1. The molecule has 0 amide bonds. The van der Waals surface area contributed by atoms with Crippen molar-refractivity contribution >= 4 is 21.4 Å². The fraction of sp³-hybridized carbons (Fsp3) is 0.500. The van der Waals surface area contributed by atoms with E-state index in [1.165, 1.54) is 20.2 Å². The summed E-state index contributed by atoms with van der Waals surface area (Å²) in [5.74, 6) is 0. The van der Waals surface area contributed by atoms with E-state index in [-0.39, 0.29) is 4.90 Å². The molecule has 0 aromatic heterocycles. The molecule has 6 nitrogen and oxygen atoms in total. The van der Waals surface area contributed by atoms with E-state index in [4.69, 9.17) is 10.5 Å². The lowest BCUT2D eigenvalue weighted by Gasteiger charge is -2.21. The van der Waals surface area contributed by atoms with Crippen LogP contribution in [0.1, 0.15) is 0 Å². The summed E-state index contributed by atoms with van der Waals surface area (Å²) in [6.45, 7) is 1.26. The first-order valence-corrected chi connectivity index (χ1v) is 7.27. The molecule has 0 atom stereocenters. The lowest BCUT2D eigenvalue weighted by atomic mass is 10.2. The van der Waals surface area contributed by atoms with Crippen LogP contribution >= 0.6 is 0 Å².